The SMILES string of the molecule is O=C(COc1ccc(Cl)cc1)N/N=C/c1cccc(F)c1. The minimum atomic E-state index is -0.419. The molecule has 0 heterocycles. The van der Waals surface area contributed by atoms with Crippen molar-refractivity contribution in [3.63, 3.8) is 0 Å². The molecular weight excluding hydrogens is 295 g/mol. The highest BCUT2D eigenvalue weighted by Crippen LogP contribution is 2.15. The molecule has 2 aromatic carbocycles. The highest BCUT2D eigenvalue weighted by molar-refractivity contribution is 6.30. The molecule has 0 aliphatic heterocycles. The summed E-state index contributed by atoms with van der Waals surface area (Å²) in [4.78, 5) is 11.5. The Morgan fingerprint density at radius 2 is 2.05 bits per heavy atom. The second-order valence-electron chi connectivity index (χ2n) is 4.09. The van der Waals surface area contributed by atoms with Crippen molar-refractivity contribution in [3.05, 3.63) is 64.9 Å². The summed E-state index contributed by atoms with van der Waals surface area (Å²) in [6.07, 6.45) is 1.35. The van der Waals surface area contributed by atoms with Gasteiger partial charge in [0.15, 0.2) is 6.61 Å². The normalized spacial score (nSPS) is 10.6. The van der Waals surface area contributed by atoms with E-state index < -0.39 is 5.91 Å². The maximum absolute atomic E-state index is 12.9. The number of hydrazone groups is 1. The maximum atomic E-state index is 12.9. The highest BCUT2D eigenvalue weighted by Gasteiger charge is 2.01. The van der Waals surface area contributed by atoms with Gasteiger partial charge in [0, 0.05) is 5.02 Å². The number of carbonyl (C=O) groups is 1. The van der Waals surface area contributed by atoms with E-state index in [1.54, 1.807) is 36.4 Å². The van der Waals surface area contributed by atoms with Crippen LogP contribution in [0.15, 0.2) is 53.6 Å². The molecule has 0 bridgehead atoms. The fourth-order valence-electron chi connectivity index (χ4n) is 1.48. The van der Waals surface area contributed by atoms with Gasteiger partial charge in [-0.25, -0.2) is 9.82 Å². The zero-order valence-corrected chi connectivity index (χ0v) is 11.7. The molecule has 0 aromatic heterocycles. The van der Waals surface area contributed by atoms with Gasteiger partial charge >= 0.3 is 0 Å². The summed E-state index contributed by atoms with van der Waals surface area (Å²) in [5.41, 5.74) is 2.84. The van der Waals surface area contributed by atoms with E-state index in [9.17, 15) is 9.18 Å². The largest absolute Gasteiger partial charge is 0.484 e. The second-order valence-corrected chi connectivity index (χ2v) is 4.53. The van der Waals surface area contributed by atoms with Crippen LogP contribution in [0, 0.1) is 5.82 Å². The van der Waals surface area contributed by atoms with Crippen molar-refractivity contribution in [1.82, 2.24) is 5.43 Å². The van der Waals surface area contributed by atoms with Crippen LogP contribution in [0.1, 0.15) is 5.56 Å². The van der Waals surface area contributed by atoms with Crippen LogP contribution in [-0.2, 0) is 4.79 Å². The molecule has 2 aromatic rings. The van der Waals surface area contributed by atoms with Crippen LogP contribution in [0.3, 0.4) is 0 Å². The molecule has 0 aliphatic rings. The standard InChI is InChI=1S/C15H12ClFN2O2/c16-12-4-6-14(7-5-12)21-10-15(20)19-18-9-11-2-1-3-13(17)8-11/h1-9H,10H2,(H,19,20)/b18-9+. The maximum Gasteiger partial charge on any atom is 0.277 e. The number of ether oxygens (including phenoxy) is 1. The molecule has 0 atom stereocenters. The molecule has 4 nitrogen and oxygen atoms in total. The van der Waals surface area contributed by atoms with E-state index in [4.69, 9.17) is 16.3 Å². The van der Waals surface area contributed by atoms with Gasteiger partial charge < -0.3 is 4.74 Å². The van der Waals surface area contributed by atoms with E-state index in [1.165, 1.54) is 18.3 Å². The zero-order chi connectivity index (χ0) is 15.1. The quantitative estimate of drug-likeness (QED) is 0.682. The Labute approximate surface area is 126 Å². The van der Waals surface area contributed by atoms with Crippen LogP contribution in [0.2, 0.25) is 5.02 Å². The summed E-state index contributed by atoms with van der Waals surface area (Å²) in [5, 5.41) is 4.31. The summed E-state index contributed by atoms with van der Waals surface area (Å²) >= 11 is 5.73. The first-order valence-corrected chi connectivity index (χ1v) is 6.47. The minimum Gasteiger partial charge on any atom is -0.484 e. The lowest BCUT2D eigenvalue weighted by Crippen LogP contribution is -2.24. The number of rotatable bonds is 5. The number of hydrogen-bond acceptors (Lipinski definition) is 3. The van der Waals surface area contributed by atoms with Gasteiger partial charge in [-0.15, -0.1) is 0 Å². The molecule has 6 heteroatoms. The molecule has 0 aliphatic carbocycles. The number of benzene rings is 2. The van der Waals surface area contributed by atoms with Crippen LogP contribution >= 0.6 is 11.6 Å². The first kappa shape index (κ1) is 15.0. The molecular formula is C15H12ClFN2O2. The summed E-state index contributed by atoms with van der Waals surface area (Å²) in [7, 11) is 0. The Bertz CT molecular complexity index is 644. The van der Waals surface area contributed by atoms with Crippen LogP contribution in [-0.4, -0.2) is 18.7 Å². The van der Waals surface area contributed by atoms with Crippen molar-refractivity contribution in [2.75, 3.05) is 6.61 Å². The number of hydrogen-bond donors (Lipinski definition) is 1. The average Bonchev–Trinajstić information content (AvgIpc) is 2.47. The molecule has 1 N–H and O–H groups in total. The molecule has 0 spiro atoms. The monoisotopic (exact) mass is 306 g/mol. The van der Waals surface area contributed by atoms with Gasteiger partial charge in [0.2, 0.25) is 0 Å². The highest BCUT2D eigenvalue weighted by atomic mass is 35.5. The third kappa shape index (κ3) is 5.24. The van der Waals surface area contributed by atoms with E-state index in [-0.39, 0.29) is 12.4 Å². The number of nitrogens with zero attached hydrogens (tertiary/aromatic N) is 1. The summed E-state index contributed by atoms with van der Waals surface area (Å²) in [6.45, 7) is -0.178. The number of nitrogens with one attached hydrogen (secondary N) is 1. The zero-order valence-electron chi connectivity index (χ0n) is 10.9. The Morgan fingerprint density at radius 3 is 2.76 bits per heavy atom. The van der Waals surface area contributed by atoms with Crippen molar-refractivity contribution in [2.24, 2.45) is 5.10 Å². The van der Waals surface area contributed by atoms with E-state index in [0.29, 0.717) is 16.3 Å². The molecule has 0 fully saturated rings. The Balaban J connectivity index is 1.78. The predicted molar refractivity (Wildman–Crippen MR) is 79.1 cm³/mol. The van der Waals surface area contributed by atoms with Crippen molar-refractivity contribution >= 4 is 23.7 Å². The van der Waals surface area contributed by atoms with Crippen molar-refractivity contribution < 1.29 is 13.9 Å². The molecule has 2 rings (SSSR count). The number of carbonyl (C=O) groups excluding carboxylic acids is 1. The first-order valence-electron chi connectivity index (χ1n) is 6.09. The van der Waals surface area contributed by atoms with Gasteiger partial charge in [0.1, 0.15) is 11.6 Å². The molecule has 0 saturated carbocycles. The van der Waals surface area contributed by atoms with E-state index >= 15 is 0 Å². The Kier molecular flexibility index (Phi) is 5.29. The number of amides is 1. The van der Waals surface area contributed by atoms with Crippen molar-refractivity contribution in [1.29, 1.82) is 0 Å². The smallest absolute Gasteiger partial charge is 0.277 e. The third-order valence-corrected chi connectivity index (χ3v) is 2.69. The average molecular weight is 307 g/mol. The topological polar surface area (TPSA) is 50.7 Å². The summed E-state index contributed by atoms with van der Waals surface area (Å²) in [6, 6.07) is 12.5. The van der Waals surface area contributed by atoms with E-state index in [0.717, 1.165) is 0 Å². The number of halogens is 2. The van der Waals surface area contributed by atoms with Gasteiger partial charge in [-0.05, 0) is 42.0 Å². The van der Waals surface area contributed by atoms with Gasteiger partial charge in [-0.2, -0.15) is 5.10 Å². The van der Waals surface area contributed by atoms with E-state index in [2.05, 4.69) is 10.5 Å². The van der Waals surface area contributed by atoms with Crippen LogP contribution in [0.25, 0.3) is 0 Å². The van der Waals surface area contributed by atoms with Gasteiger partial charge in [0.25, 0.3) is 5.91 Å². The van der Waals surface area contributed by atoms with Gasteiger partial charge in [0.05, 0.1) is 6.21 Å². The fourth-order valence-corrected chi connectivity index (χ4v) is 1.60. The predicted octanol–water partition coefficient (Wildman–Crippen LogP) is 3.01. The summed E-state index contributed by atoms with van der Waals surface area (Å²) < 4.78 is 18.2. The Morgan fingerprint density at radius 1 is 1.29 bits per heavy atom. The Hall–Kier alpha value is -2.40. The van der Waals surface area contributed by atoms with E-state index in [1.807, 2.05) is 0 Å². The lowest BCUT2D eigenvalue weighted by molar-refractivity contribution is -0.123. The van der Waals surface area contributed by atoms with Crippen LogP contribution < -0.4 is 10.2 Å². The molecule has 108 valence electrons. The third-order valence-electron chi connectivity index (χ3n) is 2.44. The second kappa shape index (κ2) is 7.40. The molecule has 0 radical (unpaired) electrons. The molecule has 1 amide bonds. The van der Waals surface area contributed by atoms with Crippen LogP contribution in [0.4, 0.5) is 4.39 Å². The van der Waals surface area contributed by atoms with Gasteiger partial charge in [-0.3, -0.25) is 4.79 Å². The molecule has 0 unspecified atom stereocenters. The van der Waals surface area contributed by atoms with Gasteiger partial charge in [-0.1, -0.05) is 23.7 Å². The lowest BCUT2D eigenvalue weighted by Gasteiger charge is -2.04. The fraction of sp³-hybridized carbons (Fsp3) is 0.0667. The van der Waals surface area contributed by atoms with Crippen molar-refractivity contribution in [3.8, 4) is 5.75 Å². The molecule has 0 saturated heterocycles. The first-order chi connectivity index (χ1) is 10.1. The lowest BCUT2D eigenvalue weighted by atomic mass is 10.2. The van der Waals surface area contributed by atoms with Crippen LogP contribution in [0.5, 0.6) is 5.75 Å². The van der Waals surface area contributed by atoms with Crippen molar-refractivity contribution in [2.45, 2.75) is 0 Å². The minimum absolute atomic E-state index is 0.178. The molecule has 21 heavy (non-hydrogen) atoms. The summed E-state index contributed by atoms with van der Waals surface area (Å²) in [5.74, 6) is -0.252.